The van der Waals surface area contributed by atoms with E-state index in [0.29, 0.717) is 5.75 Å². The Labute approximate surface area is 150 Å². The minimum atomic E-state index is 0.535. The molecule has 24 heavy (non-hydrogen) atoms. The van der Waals surface area contributed by atoms with Gasteiger partial charge in [-0.1, -0.05) is 84.6 Å². The van der Waals surface area contributed by atoms with E-state index in [1.807, 2.05) is 6.07 Å². The number of hydrogen-bond donors (Lipinski definition) is 1. The molecule has 1 aromatic carbocycles. The lowest BCUT2D eigenvalue weighted by Crippen LogP contribution is -2.02. The van der Waals surface area contributed by atoms with Crippen molar-refractivity contribution in [1.29, 1.82) is 0 Å². The van der Waals surface area contributed by atoms with E-state index in [-0.39, 0.29) is 0 Å². The Hall–Kier alpha value is -0.980. The monoisotopic (exact) mass is 332 g/mol. The highest BCUT2D eigenvalue weighted by Gasteiger charge is 2.12. The highest BCUT2D eigenvalue weighted by atomic mass is 16.3. The number of rotatable bonds is 14. The summed E-state index contributed by atoms with van der Waals surface area (Å²) in [7, 11) is 0. The van der Waals surface area contributed by atoms with Crippen LogP contribution in [0.25, 0.3) is 0 Å². The van der Waals surface area contributed by atoms with Crippen LogP contribution in [0.5, 0.6) is 5.75 Å². The van der Waals surface area contributed by atoms with Gasteiger partial charge < -0.3 is 5.11 Å². The smallest absolute Gasteiger partial charge is 0.119 e. The van der Waals surface area contributed by atoms with Crippen molar-refractivity contribution < 1.29 is 5.11 Å². The van der Waals surface area contributed by atoms with Gasteiger partial charge in [-0.2, -0.15) is 0 Å². The van der Waals surface area contributed by atoms with Crippen molar-refractivity contribution in [3.8, 4) is 5.75 Å². The minimum Gasteiger partial charge on any atom is -0.508 e. The molecule has 0 aliphatic rings. The molecular formula is C23H40O. The van der Waals surface area contributed by atoms with E-state index in [1.165, 1.54) is 87.3 Å². The summed E-state index contributed by atoms with van der Waals surface area (Å²) in [5.41, 5.74) is 4.20. The lowest BCUT2D eigenvalue weighted by molar-refractivity contribution is 0.463. The Kier molecular flexibility index (Phi) is 11.7. The predicted molar refractivity (Wildman–Crippen MR) is 107 cm³/mol. The van der Waals surface area contributed by atoms with Crippen LogP contribution >= 0.6 is 0 Å². The van der Waals surface area contributed by atoms with Crippen LogP contribution < -0.4 is 0 Å². The highest BCUT2D eigenvalue weighted by molar-refractivity contribution is 5.45. The quantitative estimate of drug-likeness (QED) is 0.352. The van der Waals surface area contributed by atoms with Gasteiger partial charge in [0.15, 0.2) is 0 Å². The molecule has 1 heteroatoms. The zero-order chi connectivity index (χ0) is 17.6. The zero-order valence-electron chi connectivity index (χ0n) is 16.5. The van der Waals surface area contributed by atoms with Gasteiger partial charge in [0, 0.05) is 0 Å². The SMILES string of the molecule is CCCCCCCCCc1c(O)ccc(CCC)c1CCCCC. The van der Waals surface area contributed by atoms with E-state index in [1.54, 1.807) is 0 Å². The molecule has 1 rings (SSSR count). The Morgan fingerprint density at radius 1 is 0.583 bits per heavy atom. The normalized spacial score (nSPS) is 11.1. The number of unbranched alkanes of at least 4 members (excludes halogenated alkanes) is 8. The van der Waals surface area contributed by atoms with Gasteiger partial charge in [0.05, 0.1) is 0 Å². The van der Waals surface area contributed by atoms with E-state index < -0.39 is 0 Å². The highest BCUT2D eigenvalue weighted by Crippen LogP contribution is 2.29. The van der Waals surface area contributed by atoms with Gasteiger partial charge in [0.1, 0.15) is 5.75 Å². The molecule has 0 saturated heterocycles. The first-order valence-corrected chi connectivity index (χ1v) is 10.6. The summed E-state index contributed by atoms with van der Waals surface area (Å²) < 4.78 is 0. The third kappa shape index (κ3) is 7.73. The van der Waals surface area contributed by atoms with E-state index in [0.717, 1.165) is 19.3 Å². The summed E-state index contributed by atoms with van der Waals surface area (Å²) >= 11 is 0. The van der Waals surface area contributed by atoms with Gasteiger partial charge >= 0.3 is 0 Å². The largest absolute Gasteiger partial charge is 0.508 e. The summed E-state index contributed by atoms with van der Waals surface area (Å²) in [6.07, 6.45) is 17.6. The van der Waals surface area contributed by atoms with E-state index in [2.05, 4.69) is 26.8 Å². The van der Waals surface area contributed by atoms with Crippen molar-refractivity contribution in [2.75, 3.05) is 0 Å². The number of aryl methyl sites for hydroxylation is 1. The molecule has 0 radical (unpaired) electrons. The van der Waals surface area contributed by atoms with Crippen molar-refractivity contribution in [1.82, 2.24) is 0 Å². The molecule has 0 spiro atoms. The maximum absolute atomic E-state index is 10.4. The second kappa shape index (κ2) is 13.3. The van der Waals surface area contributed by atoms with E-state index in [9.17, 15) is 5.11 Å². The van der Waals surface area contributed by atoms with Crippen molar-refractivity contribution >= 4 is 0 Å². The number of hydrogen-bond acceptors (Lipinski definition) is 1. The fourth-order valence-corrected chi connectivity index (χ4v) is 3.63. The molecule has 0 amide bonds. The molecule has 138 valence electrons. The second-order valence-corrected chi connectivity index (χ2v) is 7.28. The van der Waals surface area contributed by atoms with Crippen LogP contribution in [0.1, 0.15) is 108 Å². The maximum Gasteiger partial charge on any atom is 0.119 e. The third-order valence-electron chi connectivity index (χ3n) is 5.08. The molecule has 0 unspecified atom stereocenters. The van der Waals surface area contributed by atoms with E-state index in [4.69, 9.17) is 0 Å². The lowest BCUT2D eigenvalue weighted by Gasteiger charge is -2.16. The molecule has 0 aromatic heterocycles. The molecule has 0 atom stereocenters. The standard InChI is InChI=1S/C23H40O/c1-4-7-9-10-11-12-14-17-22-21(16-13-8-5-2)20(15-6-3)18-19-23(22)24/h18-19,24H,4-17H2,1-3H3. The molecule has 0 aliphatic carbocycles. The van der Waals surface area contributed by atoms with Crippen LogP contribution in [0.2, 0.25) is 0 Å². The molecule has 0 fully saturated rings. The molecule has 1 nitrogen and oxygen atoms in total. The lowest BCUT2D eigenvalue weighted by atomic mass is 9.90. The molecule has 0 heterocycles. The van der Waals surface area contributed by atoms with Crippen LogP contribution in [0.4, 0.5) is 0 Å². The Bertz CT molecular complexity index is 436. The molecule has 1 N–H and O–H groups in total. The minimum absolute atomic E-state index is 0.535. The van der Waals surface area contributed by atoms with Crippen LogP contribution in [0.15, 0.2) is 12.1 Å². The molecule has 0 saturated carbocycles. The molecule has 0 bridgehead atoms. The van der Waals surface area contributed by atoms with Crippen molar-refractivity contribution in [2.24, 2.45) is 0 Å². The maximum atomic E-state index is 10.4. The number of aromatic hydroxyl groups is 1. The summed E-state index contributed by atoms with van der Waals surface area (Å²) in [5, 5.41) is 10.4. The van der Waals surface area contributed by atoms with Gasteiger partial charge in [-0.15, -0.1) is 0 Å². The molecule has 1 aromatic rings. The predicted octanol–water partition coefficient (Wildman–Crippen LogP) is 7.37. The van der Waals surface area contributed by atoms with Crippen LogP contribution in [-0.2, 0) is 19.3 Å². The summed E-state index contributed by atoms with van der Waals surface area (Å²) in [6, 6.07) is 4.10. The Morgan fingerprint density at radius 3 is 1.79 bits per heavy atom. The number of phenolic OH excluding ortho intramolecular Hbond substituents is 1. The van der Waals surface area contributed by atoms with Crippen molar-refractivity contribution in [3.63, 3.8) is 0 Å². The van der Waals surface area contributed by atoms with Crippen molar-refractivity contribution in [2.45, 2.75) is 111 Å². The zero-order valence-corrected chi connectivity index (χ0v) is 16.5. The fourth-order valence-electron chi connectivity index (χ4n) is 3.63. The summed E-state index contributed by atoms with van der Waals surface area (Å²) in [5.74, 6) is 0.535. The van der Waals surface area contributed by atoms with Gasteiger partial charge in [0.2, 0.25) is 0 Å². The Balaban J connectivity index is 2.63. The fraction of sp³-hybridized carbons (Fsp3) is 0.739. The van der Waals surface area contributed by atoms with Crippen LogP contribution in [0.3, 0.4) is 0 Å². The average Bonchev–Trinajstić information content (AvgIpc) is 2.58. The van der Waals surface area contributed by atoms with Gasteiger partial charge in [-0.25, -0.2) is 0 Å². The van der Waals surface area contributed by atoms with Gasteiger partial charge in [-0.3, -0.25) is 0 Å². The third-order valence-corrected chi connectivity index (χ3v) is 5.08. The average molecular weight is 333 g/mol. The van der Waals surface area contributed by atoms with Crippen LogP contribution in [0, 0.1) is 0 Å². The van der Waals surface area contributed by atoms with Crippen LogP contribution in [-0.4, -0.2) is 5.11 Å². The van der Waals surface area contributed by atoms with E-state index >= 15 is 0 Å². The number of benzene rings is 1. The topological polar surface area (TPSA) is 20.2 Å². The van der Waals surface area contributed by atoms with Gasteiger partial charge in [0.25, 0.3) is 0 Å². The first kappa shape index (κ1) is 21.1. The molecule has 0 aliphatic heterocycles. The number of phenols is 1. The van der Waals surface area contributed by atoms with Crippen molar-refractivity contribution in [3.05, 3.63) is 28.8 Å². The molecular weight excluding hydrogens is 292 g/mol. The Morgan fingerprint density at radius 2 is 1.12 bits per heavy atom. The summed E-state index contributed by atoms with van der Waals surface area (Å²) in [6.45, 7) is 6.78. The summed E-state index contributed by atoms with van der Waals surface area (Å²) in [4.78, 5) is 0. The first-order valence-electron chi connectivity index (χ1n) is 10.6. The van der Waals surface area contributed by atoms with Gasteiger partial charge in [-0.05, 0) is 54.9 Å². The first-order chi connectivity index (χ1) is 11.7. The second-order valence-electron chi connectivity index (χ2n) is 7.28.